The minimum atomic E-state index is -0.786. The fourth-order valence-corrected chi connectivity index (χ4v) is 6.07. The molecule has 4 aliphatic heterocycles. The van der Waals surface area contributed by atoms with Crippen molar-refractivity contribution in [2.24, 2.45) is 11.8 Å². The van der Waals surface area contributed by atoms with Gasteiger partial charge in [-0.25, -0.2) is 0 Å². The van der Waals surface area contributed by atoms with E-state index in [1.165, 1.54) is 4.90 Å². The van der Waals surface area contributed by atoms with E-state index in [1.807, 2.05) is 66.4 Å². The fourth-order valence-electron chi connectivity index (χ4n) is 6.07. The molecule has 0 aromatic heterocycles. The van der Waals surface area contributed by atoms with E-state index in [9.17, 15) is 14.4 Å². The molecule has 5 unspecified atom stereocenters. The molecule has 7 nitrogen and oxygen atoms in total. The molecule has 34 heavy (non-hydrogen) atoms. The number of fused-ring (bicyclic) bond motifs is 5. The zero-order chi connectivity index (χ0) is 23.4. The van der Waals surface area contributed by atoms with Gasteiger partial charge in [0, 0.05) is 23.5 Å². The van der Waals surface area contributed by atoms with Crippen LogP contribution in [0.25, 0.3) is 5.57 Å². The number of nitrogens with zero attached hydrogens (tertiary/aromatic N) is 2. The van der Waals surface area contributed by atoms with Crippen LogP contribution in [-0.4, -0.2) is 54.0 Å². The lowest BCUT2D eigenvalue weighted by molar-refractivity contribution is -0.142. The molecule has 2 aromatic rings. The van der Waals surface area contributed by atoms with Gasteiger partial charge in [-0.1, -0.05) is 42.5 Å². The van der Waals surface area contributed by atoms with Gasteiger partial charge >= 0.3 is 0 Å². The molecule has 3 saturated heterocycles. The Kier molecular flexibility index (Phi) is 5.03. The Labute approximate surface area is 198 Å². The highest BCUT2D eigenvalue weighted by Gasteiger charge is 2.64. The van der Waals surface area contributed by atoms with Crippen LogP contribution in [0.15, 0.2) is 60.7 Å². The smallest absolute Gasteiger partial charge is 0.247 e. The molecule has 0 saturated carbocycles. The first-order valence-electron chi connectivity index (χ1n) is 11.9. The summed E-state index contributed by atoms with van der Waals surface area (Å²) in [6, 6.07) is 16.0. The second-order valence-electron chi connectivity index (χ2n) is 9.54. The van der Waals surface area contributed by atoms with Gasteiger partial charge in [-0.2, -0.15) is 0 Å². The number of amides is 3. The fraction of sp³-hybridized carbons (Fsp3) is 0.370. The average Bonchev–Trinajstić information content (AvgIpc) is 3.53. The van der Waals surface area contributed by atoms with Crippen molar-refractivity contribution in [3.8, 4) is 0 Å². The summed E-state index contributed by atoms with van der Waals surface area (Å²) in [7, 11) is 0. The van der Waals surface area contributed by atoms with Crippen LogP contribution in [0.4, 0.5) is 11.4 Å². The number of benzene rings is 2. The van der Waals surface area contributed by atoms with E-state index in [0.29, 0.717) is 12.3 Å². The number of anilines is 2. The molecule has 1 N–H and O–H groups in total. The predicted molar refractivity (Wildman–Crippen MR) is 128 cm³/mol. The summed E-state index contributed by atoms with van der Waals surface area (Å²) in [5.41, 5.74) is 3.63. The van der Waals surface area contributed by atoms with Crippen LogP contribution in [0, 0.1) is 11.8 Å². The predicted octanol–water partition coefficient (Wildman–Crippen LogP) is 3.08. The summed E-state index contributed by atoms with van der Waals surface area (Å²) in [5.74, 6) is -2.07. The molecular formula is C27H27N3O4. The number of carbonyl (C=O) groups excluding carboxylic acids is 3. The summed E-state index contributed by atoms with van der Waals surface area (Å²) >= 11 is 0. The first-order valence-corrected chi connectivity index (χ1v) is 11.9. The SMILES string of the molecule is CC1=CC2C3C(=O)N(CC4CCCO4)C(=O)C3C(C(=O)Nc3ccccc3)N2c2ccccc21. The Morgan fingerprint density at radius 3 is 2.53 bits per heavy atom. The number of carbonyl (C=O) groups is 3. The first-order chi connectivity index (χ1) is 16.5. The van der Waals surface area contributed by atoms with Gasteiger partial charge in [0.2, 0.25) is 17.7 Å². The van der Waals surface area contributed by atoms with Crippen molar-refractivity contribution in [3.63, 3.8) is 0 Å². The normalized spacial score (nSPS) is 29.6. The molecule has 0 aliphatic carbocycles. The summed E-state index contributed by atoms with van der Waals surface area (Å²) < 4.78 is 5.71. The van der Waals surface area contributed by atoms with E-state index in [2.05, 4.69) is 11.4 Å². The number of imide groups is 1. The lowest BCUT2D eigenvalue weighted by atomic mass is 9.87. The Morgan fingerprint density at radius 2 is 1.76 bits per heavy atom. The molecule has 5 atom stereocenters. The number of rotatable bonds is 4. The van der Waals surface area contributed by atoms with Gasteiger partial charge in [0.1, 0.15) is 6.04 Å². The highest BCUT2D eigenvalue weighted by atomic mass is 16.5. The van der Waals surface area contributed by atoms with Crippen LogP contribution in [-0.2, 0) is 19.1 Å². The molecule has 2 aromatic carbocycles. The second-order valence-corrected chi connectivity index (χ2v) is 9.54. The Morgan fingerprint density at radius 1 is 1.03 bits per heavy atom. The highest BCUT2D eigenvalue weighted by molar-refractivity contribution is 6.12. The van der Waals surface area contributed by atoms with Crippen molar-refractivity contribution in [2.45, 2.75) is 38.0 Å². The second kappa shape index (κ2) is 8.09. The zero-order valence-electron chi connectivity index (χ0n) is 19.0. The molecule has 7 heteroatoms. The quantitative estimate of drug-likeness (QED) is 0.714. The summed E-state index contributed by atoms with van der Waals surface area (Å²) in [6.07, 6.45) is 3.71. The van der Waals surface area contributed by atoms with Crippen molar-refractivity contribution in [1.82, 2.24) is 4.90 Å². The molecule has 0 spiro atoms. The number of nitrogens with one attached hydrogen (secondary N) is 1. The maximum Gasteiger partial charge on any atom is 0.247 e. The van der Waals surface area contributed by atoms with Gasteiger partial charge < -0.3 is 15.0 Å². The van der Waals surface area contributed by atoms with Crippen molar-refractivity contribution in [3.05, 3.63) is 66.2 Å². The molecule has 6 rings (SSSR count). The van der Waals surface area contributed by atoms with E-state index in [4.69, 9.17) is 4.74 Å². The maximum absolute atomic E-state index is 13.7. The lowest BCUT2D eigenvalue weighted by Gasteiger charge is -2.38. The molecular weight excluding hydrogens is 430 g/mol. The molecule has 0 bridgehead atoms. The van der Waals surface area contributed by atoms with Crippen molar-refractivity contribution in [2.75, 3.05) is 23.4 Å². The van der Waals surface area contributed by atoms with Crippen LogP contribution < -0.4 is 10.2 Å². The van der Waals surface area contributed by atoms with E-state index < -0.39 is 17.9 Å². The van der Waals surface area contributed by atoms with Gasteiger partial charge in [0.05, 0.1) is 30.5 Å². The van der Waals surface area contributed by atoms with Crippen LogP contribution in [0.5, 0.6) is 0 Å². The monoisotopic (exact) mass is 457 g/mol. The number of ether oxygens (including phenoxy) is 1. The summed E-state index contributed by atoms with van der Waals surface area (Å²) in [5, 5.41) is 2.99. The third-order valence-corrected chi connectivity index (χ3v) is 7.57. The molecule has 3 fully saturated rings. The number of likely N-dealkylation sites (tertiary alicyclic amines) is 1. The van der Waals surface area contributed by atoms with Crippen LogP contribution in [0.3, 0.4) is 0 Å². The number of hydrogen-bond donors (Lipinski definition) is 1. The third kappa shape index (κ3) is 3.18. The summed E-state index contributed by atoms with van der Waals surface area (Å²) in [4.78, 5) is 44.4. The number of hydrogen-bond acceptors (Lipinski definition) is 5. The largest absolute Gasteiger partial charge is 0.376 e. The minimum absolute atomic E-state index is 0.121. The van der Waals surface area contributed by atoms with E-state index >= 15 is 0 Å². The number of para-hydroxylation sites is 2. The Hall–Kier alpha value is -3.45. The standard InChI is InChI=1S/C27H27N3O4/c1-16-14-21-22-23(27(33)29(26(22)32)15-18-10-7-13-34-18)24(25(31)28-17-8-3-2-4-9-17)30(21)20-12-6-5-11-19(16)20/h2-6,8-9,11-12,14,18,21-24H,7,10,13,15H2,1H3,(H,28,31). The first kappa shape index (κ1) is 21.1. The lowest BCUT2D eigenvalue weighted by Crippen LogP contribution is -2.51. The molecule has 0 radical (unpaired) electrons. The molecule has 3 amide bonds. The Balaban J connectivity index is 1.41. The Bertz CT molecular complexity index is 1190. The summed E-state index contributed by atoms with van der Waals surface area (Å²) in [6.45, 7) is 2.95. The zero-order valence-corrected chi connectivity index (χ0v) is 19.0. The maximum atomic E-state index is 13.7. The van der Waals surface area contributed by atoms with E-state index in [-0.39, 0.29) is 36.4 Å². The van der Waals surface area contributed by atoms with Crippen LogP contribution in [0.1, 0.15) is 25.3 Å². The number of allylic oxidation sites excluding steroid dienone is 1. The van der Waals surface area contributed by atoms with Crippen molar-refractivity contribution < 1.29 is 19.1 Å². The minimum Gasteiger partial charge on any atom is -0.376 e. The van der Waals surface area contributed by atoms with Gasteiger partial charge in [0.25, 0.3) is 0 Å². The molecule has 4 heterocycles. The highest BCUT2D eigenvalue weighted by Crippen LogP contribution is 2.50. The van der Waals surface area contributed by atoms with Crippen LogP contribution in [0.2, 0.25) is 0 Å². The van der Waals surface area contributed by atoms with Gasteiger partial charge in [-0.3, -0.25) is 19.3 Å². The van der Waals surface area contributed by atoms with Crippen molar-refractivity contribution in [1.29, 1.82) is 0 Å². The van der Waals surface area contributed by atoms with Gasteiger partial charge in [-0.15, -0.1) is 0 Å². The average molecular weight is 458 g/mol. The molecule has 4 aliphatic rings. The van der Waals surface area contributed by atoms with E-state index in [0.717, 1.165) is 29.7 Å². The van der Waals surface area contributed by atoms with Gasteiger partial charge in [0.15, 0.2) is 0 Å². The van der Waals surface area contributed by atoms with Crippen molar-refractivity contribution >= 4 is 34.7 Å². The van der Waals surface area contributed by atoms with Gasteiger partial charge in [-0.05, 0) is 43.5 Å². The van der Waals surface area contributed by atoms with Crippen LogP contribution >= 0.6 is 0 Å². The third-order valence-electron chi connectivity index (χ3n) is 7.57. The topological polar surface area (TPSA) is 78.9 Å². The van der Waals surface area contributed by atoms with E-state index in [1.54, 1.807) is 0 Å². The molecule has 174 valence electrons.